The van der Waals surface area contributed by atoms with Gasteiger partial charge < -0.3 is 4.42 Å². The van der Waals surface area contributed by atoms with Gasteiger partial charge in [-0.25, -0.2) is 22.8 Å². The Bertz CT molecular complexity index is 1060. The maximum Gasteiger partial charge on any atom is 0.244 e. The fraction of sp³-hybridized carbons (Fsp3) is 0.263. The largest absolute Gasteiger partial charge is 0.444 e. The lowest BCUT2D eigenvalue weighted by Crippen LogP contribution is -2.27. The second kappa shape index (κ2) is 8.02. The van der Waals surface area contributed by atoms with E-state index in [-0.39, 0.29) is 10.7 Å². The highest BCUT2D eigenvalue weighted by Crippen LogP contribution is 2.26. The van der Waals surface area contributed by atoms with Crippen molar-refractivity contribution >= 4 is 21.8 Å². The van der Waals surface area contributed by atoms with Crippen LogP contribution in [0, 0.1) is 5.82 Å². The first-order valence-corrected chi connectivity index (χ1v) is 11.2. The molecule has 1 fully saturated rings. The molecule has 2 aromatic heterocycles. The topological polar surface area (TPSA) is 76.3 Å². The number of nitrogens with zero attached hydrogens (tertiary/aromatic N) is 3. The van der Waals surface area contributed by atoms with Crippen LogP contribution in [0.2, 0.25) is 0 Å². The highest BCUT2D eigenvalue weighted by molar-refractivity contribution is 7.98. The van der Waals surface area contributed by atoms with E-state index in [1.54, 1.807) is 24.3 Å². The van der Waals surface area contributed by atoms with E-state index in [0.717, 1.165) is 12.8 Å². The number of pyridine rings is 1. The Morgan fingerprint density at radius 2 is 2.00 bits per heavy atom. The lowest BCUT2D eigenvalue weighted by molar-refractivity contribution is 0.477. The van der Waals surface area contributed by atoms with Crippen molar-refractivity contribution in [2.24, 2.45) is 0 Å². The molecule has 6 nitrogen and oxygen atoms in total. The summed E-state index contributed by atoms with van der Waals surface area (Å²) in [6, 6.07) is 9.34. The lowest BCUT2D eigenvalue weighted by Gasteiger charge is -2.15. The van der Waals surface area contributed by atoms with Gasteiger partial charge in [-0.2, -0.15) is 4.31 Å². The number of benzene rings is 1. The average molecular weight is 420 g/mol. The predicted octanol–water partition coefficient (Wildman–Crippen LogP) is 3.95. The third-order valence-electron chi connectivity index (χ3n) is 4.40. The molecule has 1 aliphatic rings. The third-order valence-corrected chi connectivity index (χ3v) is 7.26. The molecular weight excluding hydrogens is 401 g/mol. The molecule has 28 heavy (non-hydrogen) atoms. The van der Waals surface area contributed by atoms with Gasteiger partial charge in [-0.1, -0.05) is 17.8 Å². The van der Waals surface area contributed by atoms with Crippen LogP contribution in [-0.4, -0.2) is 35.8 Å². The van der Waals surface area contributed by atoms with E-state index in [1.165, 1.54) is 40.7 Å². The Hall–Kier alpha value is -2.23. The van der Waals surface area contributed by atoms with Gasteiger partial charge in [0.25, 0.3) is 0 Å². The fourth-order valence-corrected chi connectivity index (χ4v) is 5.14. The van der Waals surface area contributed by atoms with Crippen LogP contribution in [0.4, 0.5) is 4.39 Å². The summed E-state index contributed by atoms with van der Waals surface area (Å²) in [4.78, 5) is 8.83. The molecule has 0 N–H and O–H groups in total. The van der Waals surface area contributed by atoms with Crippen LogP contribution in [0.3, 0.4) is 0 Å². The summed E-state index contributed by atoms with van der Waals surface area (Å²) in [5.41, 5.74) is 1.27. The quantitative estimate of drug-likeness (QED) is 0.563. The van der Waals surface area contributed by atoms with E-state index in [1.807, 2.05) is 0 Å². The van der Waals surface area contributed by atoms with Crippen LogP contribution in [0.5, 0.6) is 0 Å². The van der Waals surface area contributed by atoms with Gasteiger partial charge in [0.1, 0.15) is 17.0 Å². The smallest absolute Gasteiger partial charge is 0.244 e. The summed E-state index contributed by atoms with van der Waals surface area (Å²) in [6.07, 6.45) is 4.72. The highest BCUT2D eigenvalue weighted by atomic mass is 32.2. The molecule has 1 aliphatic heterocycles. The minimum absolute atomic E-state index is 0.216. The Kier molecular flexibility index (Phi) is 5.47. The molecule has 0 radical (unpaired) electrons. The molecule has 3 heterocycles. The minimum Gasteiger partial charge on any atom is -0.444 e. The van der Waals surface area contributed by atoms with Gasteiger partial charge >= 0.3 is 0 Å². The predicted molar refractivity (Wildman–Crippen MR) is 104 cm³/mol. The molecule has 0 aliphatic carbocycles. The second-order valence-corrected chi connectivity index (χ2v) is 9.32. The van der Waals surface area contributed by atoms with E-state index in [4.69, 9.17) is 4.42 Å². The second-order valence-electron chi connectivity index (χ2n) is 6.39. The van der Waals surface area contributed by atoms with Crippen molar-refractivity contribution in [3.63, 3.8) is 0 Å². The van der Waals surface area contributed by atoms with Crippen LogP contribution < -0.4 is 0 Å². The van der Waals surface area contributed by atoms with Crippen molar-refractivity contribution in [2.45, 2.75) is 28.5 Å². The summed E-state index contributed by atoms with van der Waals surface area (Å²) in [5, 5.41) is 0.690. The van der Waals surface area contributed by atoms with Gasteiger partial charge in [0, 0.05) is 30.6 Å². The van der Waals surface area contributed by atoms with Gasteiger partial charge in [0.15, 0.2) is 0 Å². The number of sulfonamides is 1. The van der Waals surface area contributed by atoms with E-state index in [0.29, 0.717) is 41.0 Å². The molecular formula is C19H18FN3O3S2. The van der Waals surface area contributed by atoms with Gasteiger partial charge in [0.2, 0.25) is 15.9 Å². The fourth-order valence-electron chi connectivity index (χ4n) is 2.96. The molecule has 0 spiro atoms. The maximum atomic E-state index is 13.3. The standard InChI is InChI=1S/C19H18FN3O3S2/c20-15-5-3-4-14(10-15)19-22-16(12-26-19)13-27-18-7-6-17(11-21-18)28(24,25)23-8-1-2-9-23/h3-7,10-12H,1-2,8-9,13H2. The first-order valence-electron chi connectivity index (χ1n) is 8.82. The average Bonchev–Trinajstić information content (AvgIpc) is 3.39. The Balaban J connectivity index is 1.40. The molecule has 146 valence electrons. The number of aromatic nitrogens is 2. The summed E-state index contributed by atoms with van der Waals surface area (Å²) in [6.45, 7) is 1.14. The Morgan fingerprint density at radius 3 is 2.71 bits per heavy atom. The number of thioether (sulfide) groups is 1. The first kappa shape index (κ1) is 19.1. The SMILES string of the molecule is O=S(=O)(c1ccc(SCc2coc(-c3cccc(F)c3)n2)nc1)N1CCCC1. The van der Waals surface area contributed by atoms with Gasteiger partial charge in [0.05, 0.1) is 10.7 Å². The van der Waals surface area contributed by atoms with Crippen LogP contribution in [0.25, 0.3) is 11.5 Å². The summed E-state index contributed by atoms with van der Waals surface area (Å²) < 4.78 is 45.3. The van der Waals surface area contributed by atoms with E-state index < -0.39 is 10.0 Å². The van der Waals surface area contributed by atoms with Gasteiger partial charge in [-0.3, -0.25) is 0 Å². The molecule has 0 atom stereocenters. The van der Waals surface area contributed by atoms with Crippen LogP contribution in [0.1, 0.15) is 18.5 Å². The van der Waals surface area contributed by atoms with Crippen molar-refractivity contribution in [3.8, 4) is 11.5 Å². The van der Waals surface area contributed by atoms with Crippen LogP contribution in [-0.2, 0) is 15.8 Å². The minimum atomic E-state index is -3.45. The molecule has 1 saturated heterocycles. The van der Waals surface area contributed by atoms with E-state index >= 15 is 0 Å². The van der Waals surface area contributed by atoms with Crippen molar-refractivity contribution in [1.29, 1.82) is 0 Å². The Labute approximate surface area is 166 Å². The van der Waals surface area contributed by atoms with Crippen molar-refractivity contribution in [2.75, 3.05) is 13.1 Å². The zero-order chi connectivity index (χ0) is 19.6. The Morgan fingerprint density at radius 1 is 1.18 bits per heavy atom. The van der Waals surface area contributed by atoms with Crippen molar-refractivity contribution in [1.82, 2.24) is 14.3 Å². The summed E-state index contributed by atoms with van der Waals surface area (Å²) in [7, 11) is -3.45. The molecule has 0 saturated carbocycles. The third kappa shape index (κ3) is 4.11. The number of rotatable bonds is 6. The zero-order valence-electron chi connectivity index (χ0n) is 14.9. The monoisotopic (exact) mass is 419 g/mol. The van der Waals surface area contributed by atoms with E-state index in [2.05, 4.69) is 9.97 Å². The number of hydrogen-bond donors (Lipinski definition) is 0. The zero-order valence-corrected chi connectivity index (χ0v) is 16.5. The van der Waals surface area contributed by atoms with Gasteiger partial charge in [-0.05, 0) is 43.2 Å². The lowest BCUT2D eigenvalue weighted by atomic mass is 10.2. The number of halogens is 1. The molecule has 1 aromatic carbocycles. The summed E-state index contributed by atoms with van der Waals surface area (Å²) >= 11 is 1.42. The van der Waals surface area contributed by atoms with Crippen LogP contribution in [0.15, 0.2) is 63.2 Å². The molecule has 0 unspecified atom stereocenters. The highest BCUT2D eigenvalue weighted by Gasteiger charge is 2.27. The number of hydrogen-bond acceptors (Lipinski definition) is 6. The molecule has 3 aromatic rings. The van der Waals surface area contributed by atoms with Crippen molar-refractivity contribution in [3.05, 3.63) is 60.4 Å². The molecule has 0 amide bonds. The van der Waals surface area contributed by atoms with Crippen molar-refractivity contribution < 1.29 is 17.2 Å². The van der Waals surface area contributed by atoms with Crippen LogP contribution >= 0.6 is 11.8 Å². The normalized spacial score (nSPS) is 15.2. The molecule has 4 rings (SSSR count). The maximum absolute atomic E-state index is 13.3. The molecule has 9 heteroatoms. The van der Waals surface area contributed by atoms with Gasteiger partial charge in [-0.15, -0.1) is 0 Å². The first-order chi connectivity index (χ1) is 13.5. The number of oxazole rings is 1. The van der Waals surface area contributed by atoms with E-state index in [9.17, 15) is 12.8 Å². The summed E-state index contributed by atoms with van der Waals surface area (Å²) in [5.74, 6) is 0.513. The molecule has 0 bridgehead atoms.